The summed E-state index contributed by atoms with van der Waals surface area (Å²) in [7, 11) is 0. The van der Waals surface area contributed by atoms with Crippen LogP contribution in [-0.4, -0.2) is 15.3 Å². The number of benzene rings is 2. The van der Waals surface area contributed by atoms with Crippen LogP contribution in [0.3, 0.4) is 0 Å². The molecule has 0 saturated heterocycles. The number of phenols is 3. The fourth-order valence-corrected chi connectivity index (χ4v) is 1.43. The van der Waals surface area contributed by atoms with Crippen LogP contribution in [0, 0.1) is 47.4 Å². The zero-order valence-corrected chi connectivity index (χ0v) is 13.2. The zero-order chi connectivity index (χ0) is 12.3. The molecule has 18 heavy (non-hydrogen) atoms. The molecule has 2 aromatic rings. The van der Waals surface area contributed by atoms with Gasteiger partial charge in [-0.15, -0.1) is 17.7 Å². The number of hydrogen-bond acceptors (Lipinski definition) is 3. The fraction of sp³-hybridized carbons (Fsp3) is 0. The smallest absolute Gasteiger partial charge is 0.115 e. The molecule has 0 amide bonds. The fourth-order valence-electron chi connectivity index (χ4n) is 1.43. The summed E-state index contributed by atoms with van der Waals surface area (Å²) in [6.07, 6.45) is 3.56. The van der Waals surface area contributed by atoms with E-state index in [1.807, 2.05) is 6.08 Å². The molecule has 0 aliphatic rings. The molecule has 0 aliphatic carbocycles. The van der Waals surface area contributed by atoms with E-state index >= 15 is 0 Å². The number of hydrogen-bond donors (Lipinski definition) is 3. The van der Waals surface area contributed by atoms with Gasteiger partial charge in [0.2, 0.25) is 0 Å². The van der Waals surface area contributed by atoms with Crippen molar-refractivity contribution in [1.29, 1.82) is 0 Å². The van der Waals surface area contributed by atoms with Gasteiger partial charge in [0, 0.05) is 52.8 Å². The standard InChI is InChI=1S/C14H11O3.Pr/c15-12-5-3-10(4-6-12)1-2-11-7-13(16)9-14(17)8-11;/h1-8,15-17H;/q-1;/b2-1+;. The summed E-state index contributed by atoms with van der Waals surface area (Å²) in [5.41, 5.74) is 1.58. The van der Waals surface area contributed by atoms with Gasteiger partial charge in [0.05, 0.1) is 0 Å². The Bertz CT molecular complexity index is 527. The molecule has 0 heterocycles. The Labute approximate surface area is 138 Å². The summed E-state index contributed by atoms with van der Waals surface area (Å²) >= 11 is 0. The van der Waals surface area contributed by atoms with Crippen molar-refractivity contribution in [2.45, 2.75) is 0 Å². The van der Waals surface area contributed by atoms with Gasteiger partial charge in [-0.1, -0.05) is 30.4 Å². The molecular weight excluding hydrogens is 357 g/mol. The summed E-state index contributed by atoms with van der Waals surface area (Å²) < 4.78 is 0. The van der Waals surface area contributed by atoms with Crippen LogP contribution in [0.25, 0.3) is 12.2 Å². The third-order valence-corrected chi connectivity index (χ3v) is 2.22. The minimum Gasteiger partial charge on any atom is -0.534 e. The average molecular weight is 368 g/mol. The van der Waals surface area contributed by atoms with E-state index in [1.165, 1.54) is 12.1 Å². The molecule has 0 unspecified atom stereocenters. The van der Waals surface area contributed by atoms with Crippen LogP contribution in [-0.2, 0) is 0 Å². The normalized spacial score (nSPS) is 10.2. The second kappa shape index (κ2) is 6.76. The van der Waals surface area contributed by atoms with Gasteiger partial charge < -0.3 is 15.3 Å². The van der Waals surface area contributed by atoms with E-state index in [-0.39, 0.29) is 58.5 Å². The van der Waals surface area contributed by atoms with Crippen molar-refractivity contribution < 1.29 is 56.6 Å². The Morgan fingerprint density at radius 3 is 1.83 bits per heavy atom. The first-order valence-electron chi connectivity index (χ1n) is 5.06. The van der Waals surface area contributed by atoms with E-state index < -0.39 is 0 Å². The zero-order valence-electron chi connectivity index (χ0n) is 9.54. The summed E-state index contributed by atoms with van der Waals surface area (Å²) in [5, 5.41) is 27.6. The first kappa shape index (κ1) is 15.0. The number of phenolic OH excluding ortho intramolecular Hbond substituents is 3. The van der Waals surface area contributed by atoms with Gasteiger partial charge in [0.25, 0.3) is 0 Å². The summed E-state index contributed by atoms with van der Waals surface area (Å²) in [4.78, 5) is 0. The van der Waals surface area contributed by atoms with Crippen LogP contribution in [0.5, 0.6) is 17.2 Å². The van der Waals surface area contributed by atoms with Crippen molar-refractivity contribution in [3.05, 3.63) is 53.6 Å². The minimum atomic E-state index is -0.102. The Morgan fingerprint density at radius 2 is 1.28 bits per heavy atom. The Morgan fingerprint density at radius 1 is 0.778 bits per heavy atom. The monoisotopic (exact) mass is 368 g/mol. The van der Waals surface area contributed by atoms with Crippen LogP contribution >= 0.6 is 0 Å². The topological polar surface area (TPSA) is 60.7 Å². The molecule has 1 radical (unpaired) electrons. The second-order valence-electron chi connectivity index (χ2n) is 3.61. The summed E-state index contributed by atoms with van der Waals surface area (Å²) in [6, 6.07) is 12.1. The first-order chi connectivity index (χ1) is 8.13. The van der Waals surface area contributed by atoms with Crippen LogP contribution in [0.4, 0.5) is 0 Å². The van der Waals surface area contributed by atoms with Crippen molar-refractivity contribution in [3.8, 4) is 17.2 Å². The second-order valence-corrected chi connectivity index (χ2v) is 3.61. The summed E-state index contributed by atoms with van der Waals surface area (Å²) in [6.45, 7) is 0. The van der Waals surface area contributed by atoms with E-state index in [4.69, 9.17) is 5.11 Å². The number of aromatic hydroxyl groups is 3. The van der Waals surface area contributed by atoms with Gasteiger partial charge in [-0.25, -0.2) is 0 Å². The first-order valence-corrected chi connectivity index (χ1v) is 5.06. The van der Waals surface area contributed by atoms with Crippen molar-refractivity contribution in [2.75, 3.05) is 0 Å². The summed E-state index contributed by atoms with van der Waals surface area (Å²) in [5.74, 6) is 0.0115. The predicted octanol–water partition coefficient (Wildman–Crippen LogP) is 2.77. The van der Waals surface area contributed by atoms with Gasteiger partial charge in [-0.05, 0) is 17.7 Å². The quantitative estimate of drug-likeness (QED) is 0.565. The molecule has 0 saturated carbocycles. The molecule has 2 aromatic carbocycles. The Kier molecular flexibility index (Phi) is 5.64. The molecule has 3 N–H and O–H groups in total. The maximum atomic E-state index is 9.24. The SMILES string of the molecule is Oc1[c-]c(O)cc(/C=C/c2ccc(O)cc2)c1.[Pr]. The largest absolute Gasteiger partial charge is 0.534 e. The molecule has 0 atom stereocenters. The minimum absolute atomic E-state index is 0. The molecule has 0 spiro atoms. The van der Waals surface area contributed by atoms with E-state index in [1.54, 1.807) is 30.3 Å². The van der Waals surface area contributed by atoms with Crippen LogP contribution in [0.2, 0.25) is 0 Å². The van der Waals surface area contributed by atoms with Crippen LogP contribution < -0.4 is 0 Å². The van der Waals surface area contributed by atoms with E-state index in [9.17, 15) is 10.2 Å². The van der Waals surface area contributed by atoms with Gasteiger partial charge in [0.1, 0.15) is 5.75 Å². The van der Waals surface area contributed by atoms with Crippen molar-refractivity contribution >= 4 is 12.2 Å². The van der Waals surface area contributed by atoms with Gasteiger partial charge in [-0.2, -0.15) is 0 Å². The Balaban J connectivity index is 0.00000162. The molecule has 0 bridgehead atoms. The molecule has 0 fully saturated rings. The number of rotatable bonds is 2. The third kappa shape index (κ3) is 4.32. The molecular formula is C14H11O3Pr-. The van der Waals surface area contributed by atoms with Gasteiger partial charge in [-0.3, -0.25) is 0 Å². The van der Waals surface area contributed by atoms with Crippen molar-refractivity contribution in [3.63, 3.8) is 0 Å². The Hall–Kier alpha value is -1.06. The predicted molar refractivity (Wildman–Crippen MR) is 65.6 cm³/mol. The maximum absolute atomic E-state index is 9.24. The van der Waals surface area contributed by atoms with Crippen LogP contribution in [0.1, 0.15) is 11.1 Å². The van der Waals surface area contributed by atoms with Crippen molar-refractivity contribution in [1.82, 2.24) is 0 Å². The molecule has 89 valence electrons. The van der Waals surface area contributed by atoms with E-state index in [0.29, 0.717) is 5.56 Å². The third-order valence-electron chi connectivity index (χ3n) is 2.22. The average Bonchev–Trinajstić information content (AvgIpc) is 2.27. The van der Waals surface area contributed by atoms with Crippen molar-refractivity contribution in [2.24, 2.45) is 0 Å². The molecule has 2 rings (SSSR count). The van der Waals surface area contributed by atoms with Gasteiger partial charge >= 0.3 is 0 Å². The van der Waals surface area contributed by atoms with E-state index in [0.717, 1.165) is 5.56 Å². The van der Waals surface area contributed by atoms with Crippen LogP contribution in [0.15, 0.2) is 36.4 Å². The maximum Gasteiger partial charge on any atom is 0.115 e. The van der Waals surface area contributed by atoms with E-state index in [2.05, 4.69) is 6.07 Å². The molecule has 0 aliphatic heterocycles. The molecule has 3 nitrogen and oxygen atoms in total. The molecule has 0 aromatic heterocycles. The van der Waals surface area contributed by atoms with Gasteiger partial charge in [0.15, 0.2) is 0 Å². The molecule has 4 heteroatoms.